The molecular weight excluding hydrogens is 292 g/mol. The zero-order valence-corrected chi connectivity index (χ0v) is 13.6. The third-order valence-corrected chi connectivity index (χ3v) is 4.19. The minimum atomic E-state index is 0.0247. The fraction of sp³-hybridized carbons (Fsp3) is 0.444. The van der Waals surface area contributed by atoms with Crippen molar-refractivity contribution >= 4 is 5.78 Å². The third-order valence-electron chi connectivity index (χ3n) is 4.19. The van der Waals surface area contributed by atoms with Crippen LogP contribution in [0.3, 0.4) is 0 Å². The second kappa shape index (κ2) is 6.96. The smallest absolute Gasteiger partial charge is 0.159 e. The summed E-state index contributed by atoms with van der Waals surface area (Å²) in [5.74, 6) is 0.820. The van der Waals surface area contributed by atoms with Crippen molar-refractivity contribution in [3.8, 4) is 5.75 Å². The molecule has 122 valence electrons. The summed E-state index contributed by atoms with van der Waals surface area (Å²) in [5, 5.41) is 7.17. The number of ether oxygens (including phenoxy) is 2. The van der Waals surface area contributed by atoms with Crippen molar-refractivity contribution in [2.45, 2.75) is 45.8 Å². The highest BCUT2D eigenvalue weighted by atomic mass is 16.5. The monoisotopic (exact) mass is 314 g/mol. The van der Waals surface area contributed by atoms with Crippen LogP contribution in [0.5, 0.6) is 5.75 Å². The van der Waals surface area contributed by atoms with E-state index >= 15 is 0 Å². The quantitative estimate of drug-likeness (QED) is 0.827. The number of aryl methyl sites for hydroxylation is 1. The first kappa shape index (κ1) is 15.7. The number of benzene rings is 1. The third kappa shape index (κ3) is 3.45. The molecule has 0 amide bonds. The molecule has 0 bridgehead atoms. The van der Waals surface area contributed by atoms with Crippen LogP contribution < -0.4 is 4.74 Å². The lowest BCUT2D eigenvalue weighted by atomic mass is 9.96. The van der Waals surface area contributed by atoms with Gasteiger partial charge < -0.3 is 9.47 Å². The van der Waals surface area contributed by atoms with Crippen molar-refractivity contribution in [3.05, 3.63) is 46.8 Å². The summed E-state index contributed by atoms with van der Waals surface area (Å²) in [7, 11) is 0. The van der Waals surface area contributed by atoms with E-state index in [1.165, 1.54) is 5.56 Å². The predicted molar refractivity (Wildman–Crippen MR) is 86.7 cm³/mol. The lowest BCUT2D eigenvalue weighted by Crippen LogP contribution is -2.13. The van der Waals surface area contributed by atoms with Crippen LogP contribution in [0.4, 0.5) is 0 Å². The fourth-order valence-electron chi connectivity index (χ4n) is 2.99. The maximum Gasteiger partial charge on any atom is 0.159 e. The van der Waals surface area contributed by atoms with Crippen LogP contribution in [0.1, 0.15) is 60.0 Å². The average molecular weight is 314 g/mol. The van der Waals surface area contributed by atoms with Crippen LogP contribution >= 0.6 is 0 Å². The van der Waals surface area contributed by atoms with E-state index < -0.39 is 0 Å². The van der Waals surface area contributed by atoms with Crippen LogP contribution in [-0.4, -0.2) is 22.6 Å². The molecule has 5 nitrogen and oxygen atoms in total. The first-order valence-electron chi connectivity index (χ1n) is 8.09. The molecule has 1 unspecified atom stereocenters. The summed E-state index contributed by atoms with van der Waals surface area (Å²) in [6, 6.07) is 5.51. The number of aromatic nitrogens is 2. The molecule has 23 heavy (non-hydrogen) atoms. The van der Waals surface area contributed by atoms with Crippen molar-refractivity contribution in [2.24, 2.45) is 0 Å². The summed E-state index contributed by atoms with van der Waals surface area (Å²) >= 11 is 0. The number of carbonyl (C=O) groups is 1. The molecule has 1 N–H and O–H groups in total. The van der Waals surface area contributed by atoms with E-state index in [0.717, 1.165) is 36.3 Å². The van der Waals surface area contributed by atoms with Gasteiger partial charge >= 0.3 is 0 Å². The summed E-state index contributed by atoms with van der Waals surface area (Å²) in [6.07, 6.45) is 5.04. The van der Waals surface area contributed by atoms with Gasteiger partial charge in [0.15, 0.2) is 5.78 Å². The second-order valence-corrected chi connectivity index (χ2v) is 5.81. The van der Waals surface area contributed by atoms with Gasteiger partial charge in [-0.1, -0.05) is 0 Å². The van der Waals surface area contributed by atoms with Gasteiger partial charge in [0.1, 0.15) is 5.75 Å². The van der Waals surface area contributed by atoms with Crippen molar-refractivity contribution in [1.82, 2.24) is 10.2 Å². The van der Waals surface area contributed by atoms with E-state index in [1.54, 1.807) is 13.0 Å². The van der Waals surface area contributed by atoms with Crippen LogP contribution in [-0.2, 0) is 17.8 Å². The average Bonchev–Trinajstić information content (AvgIpc) is 3.03. The van der Waals surface area contributed by atoms with E-state index in [1.807, 2.05) is 25.3 Å². The minimum absolute atomic E-state index is 0.0247. The van der Waals surface area contributed by atoms with Gasteiger partial charge in [-0.2, -0.15) is 5.10 Å². The number of hydrogen-bond acceptors (Lipinski definition) is 4. The molecule has 1 aromatic heterocycles. The van der Waals surface area contributed by atoms with E-state index in [0.29, 0.717) is 18.8 Å². The standard InChI is InChI=1S/C18H22N2O3/c1-3-22-16-8-7-13(12(2)21)9-15(16)11-23-17-6-4-5-14-10-19-20-18(14)17/h7-10,17H,3-6,11H2,1-2H3,(H,19,20). The second-order valence-electron chi connectivity index (χ2n) is 5.81. The molecule has 1 heterocycles. The Labute approximate surface area is 136 Å². The van der Waals surface area contributed by atoms with Crippen LogP contribution in [0.15, 0.2) is 24.4 Å². The number of Topliss-reactive ketones (excluding diaryl/α,β-unsaturated/α-hetero) is 1. The number of hydrogen-bond donors (Lipinski definition) is 1. The Balaban J connectivity index is 1.77. The Morgan fingerprint density at radius 3 is 3.09 bits per heavy atom. The van der Waals surface area contributed by atoms with Crippen LogP contribution in [0.25, 0.3) is 0 Å². The number of nitrogens with zero attached hydrogens (tertiary/aromatic N) is 1. The minimum Gasteiger partial charge on any atom is -0.494 e. The highest BCUT2D eigenvalue weighted by molar-refractivity contribution is 5.94. The van der Waals surface area contributed by atoms with E-state index in [4.69, 9.17) is 9.47 Å². The van der Waals surface area contributed by atoms with Crippen molar-refractivity contribution < 1.29 is 14.3 Å². The SMILES string of the molecule is CCOc1ccc(C(C)=O)cc1COC1CCCc2cn[nH]c21. The zero-order valence-electron chi connectivity index (χ0n) is 13.6. The summed E-state index contributed by atoms with van der Waals surface area (Å²) in [6.45, 7) is 4.51. The molecule has 5 heteroatoms. The number of rotatable bonds is 6. The number of fused-ring (bicyclic) bond motifs is 1. The Morgan fingerprint density at radius 1 is 1.43 bits per heavy atom. The van der Waals surface area contributed by atoms with E-state index in [2.05, 4.69) is 10.2 Å². The predicted octanol–water partition coefficient (Wildman–Crippen LogP) is 3.61. The fourth-order valence-corrected chi connectivity index (χ4v) is 2.99. The topological polar surface area (TPSA) is 64.2 Å². The summed E-state index contributed by atoms with van der Waals surface area (Å²) in [5.41, 5.74) is 3.91. The highest BCUT2D eigenvalue weighted by Gasteiger charge is 2.23. The number of H-pyrrole nitrogens is 1. The first-order valence-corrected chi connectivity index (χ1v) is 8.09. The molecule has 0 radical (unpaired) electrons. The molecule has 1 atom stereocenters. The maximum atomic E-state index is 11.6. The molecular formula is C18H22N2O3. The number of aromatic amines is 1. The molecule has 0 saturated heterocycles. The molecule has 1 aliphatic carbocycles. The Morgan fingerprint density at radius 2 is 2.30 bits per heavy atom. The highest BCUT2D eigenvalue weighted by Crippen LogP contribution is 2.32. The molecule has 0 aliphatic heterocycles. The normalized spacial score (nSPS) is 16.9. The summed E-state index contributed by atoms with van der Waals surface area (Å²) < 4.78 is 11.8. The van der Waals surface area contributed by atoms with Gasteiger partial charge in [-0.15, -0.1) is 0 Å². The number of nitrogens with one attached hydrogen (secondary N) is 1. The molecule has 3 rings (SSSR count). The number of carbonyl (C=O) groups excluding carboxylic acids is 1. The van der Waals surface area contributed by atoms with Crippen molar-refractivity contribution in [1.29, 1.82) is 0 Å². The van der Waals surface area contributed by atoms with Gasteiger partial charge in [-0.25, -0.2) is 0 Å². The zero-order chi connectivity index (χ0) is 16.2. The van der Waals surface area contributed by atoms with Gasteiger partial charge in [0.05, 0.1) is 31.2 Å². The Kier molecular flexibility index (Phi) is 4.76. The van der Waals surface area contributed by atoms with Gasteiger partial charge in [0.2, 0.25) is 0 Å². The largest absolute Gasteiger partial charge is 0.494 e. The van der Waals surface area contributed by atoms with Gasteiger partial charge in [-0.05, 0) is 56.9 Å². The molecule has 0 spiro atoms. The lowest BCUT2D eigenvalue weighted by Gasteiger charge is -2.23. The molecule has 0 fully saturated rings. The van der Waals surface area contributed by atoms with Crippen molar-refractivity contribution in [3.63, 3.8) is 0 Å². The van der Waals surface area contributed by atoms with E-state index in [-0.39, 0.29) is 11.9 Å². The van der Waals surface area contributed by atoms with Gasteiger partial charge in [-0.3, -0.25) is 9.89 Å². The Hall–Kier alpha value is -2.14. The molecule has 1 aliphatic rings. The molecule has 1 aromatic carbocycles. The Bertz CT molecular complexity index is 693. The first-order chi connectivity index (χ1) is 11.2. The van der Waals surface area contributed by atoms with Crippen LogP contribution in [0.2, 0.25) is 0 Å². The molecule has 2 aromatic rings. The van der Waals surface area contributed by atoms with Crippen LogP contribution in [0, 0.1) is 0 Å². The van der Waals surface area contributed by atoms with Gasteiger partial charge in [0, 0.05) is 11.1 Å². The summed E-state index contributed by atoms with van der Waals surface area (Å²) in [4.78, 5) is 11.6. The lowest BCUT2D eigenvalue weighted by molar-refractivity contribution is 0.0243. The number of ketones is 1. The van der Waals surface area contributed by atoms with Gasteiger partial charge in [0.25, 0.3) is 0 Å². The molecule has 0 saturated carbocycles. The van der Waals surface area contributed by atoms with Crippen molar-refractivity contribution in [2.75, 3.05) is 6.61 Å². The maximum absolute atomic E-state index is 11.6. The van der Waals surface area contributed by atoms with E-state index in [9.17, 15) is 4.79 Å².